The number of amides is 1. The Labute approximate surface area is 158 Å². The number of rotatable bonds is 4. The number of nitrogens with zero attached hydrogens (tertiary/aromatic N) is 1. The summed E-state index contributed by atoms with van der Waals surface area (Å²) in [6.45, 7) is 0.642. The summed E-state index contributed by atoms with van der Waals surface area (Å²) in [5.41, 5.74) is 2.09. The summed E-state index contributed by atoms with van der Waals surface area (Å²) >= 11 is 5.94. The second-order valence-electron chi connectivity index (χ2n) is 6.05. The summed E-state index contributed by atoms with van der Waals surface area (Å²) in [5.74, 6) is 0.804. The Morgan fingerprint density at radius 1 is 1.12 bits per heavy atom. The molecule has 0 spiro atoms. The van der Waals surface area contributed by atoms with Gasteiger partial charge in [-0.2, -0.15) is 0 Å². The largest absolute Gasteiger partial charge is 0.455 e. The van der Waals surface area contributed by atoms with Crippen LogP contribution in [0.15, 0.2) is 70.0 Å². The molecule has 0 aliphatic carbocycles. The highest BCUT2D eigenvalue weighted by molar-refractivity contribution is 7.84. The van der Waals surface area contributed by atoms with Gasteiger partial charge in [0.1, 0.15) is 5.76 Å². The molecular weight excluding hydrogens is 370 g/mol. The lowest BCUT2D eigenvalue weighted by molar-refractivity contribution is 0.0961. The maximum absolute atomic E-state index is 12.8. The summed E-state index contributed by atoms with van der Waals surface area (Å²) in [6, 6.07) is 18.2. The Kier molecular flexibility index (Phi) is 4.66. The molecule has 0 bridgehead atoms. The monoisotopic (exact) mass is 385 g/mol. The van der Waals surface area contributed by atoms with E-state index in [9.17, 15) is 9.00 Å². The lowest BCUT2D eigenvalue weighted by Crippen LogP contribution is -2.28. The third-order valence-corrected chi connectivity index (χ3v) is 5.90. The van der Waals surface area contributed by atoms with Crippen LogP contribution in [0, 0.1) is 0 Å². The SMILES string of the molecule is O=C(c1ccc(C[S@](=O)c2cccc(Cl)c2)o1)N1CCc2ccccc21. The normalized spacial score (nSPS) is 14.3. The first kappa shape index (κ1) is 17.1. The van der Waals surface area contributed by atoms with E-state index < -0.39 is 10.8 Å². The van der Waals surface area contributed by atoms with Crippen LogP contribution in [0.2, 0.25) is 5.02 Å². The van der Waals surface area contributed by atoms with E-state index in [-0.39, 0.29) is 17.4 Å². The van der Waals surface area contributed by atoms with Gasteiger partial charge in [-0.25, -0.2) is 0 Å². The number of hydrogen-bond donors (Lipinski definition) is 0. The van der Waals surface area contributed by atoms with Gasteiger partial charge < -0.3 is 9.32 Å². The van der Waals surface area contributed by atoms with Gasteiger partial charge in [0.05, 0.1) is 16.6 Å². The number of para-hydroxylation sites is 1. The predicted molar refractivity (Wildman–Crippen MR) is 102 cm³/mol. The van der Waals surface area contributed by atoms with Crippen molar-refractivity contribution in [2.75, 3.05) is 11.4 Å². The van der Waals surface area contributed by atoms with Crippen LogP contribution in [0.1, 0.15) is 21.9 Å². The van der Waals surface area contributed by atoms with E-state index in [1.807, 2.05) is 24.3 Å². The molecule has 2 heterocycles. The standard InChI is InChI=1S/C20H16ClNO3S/c21-15-5-3-6-17(12-15)26(24)13-16-8-9-19(25-16)20(23)22-11-10-14-4-1-2-7-18(14)22/h1-9,12H,10-11,13H2/t26-/m0/s1. The second kappa shape index (κ2) is 7.09. The molecule has 1 aromatic heterocycles. The van der Waals surface area contributed by atoms with Gasteiger partial charge in [-0.1, -0.05) is 35.9 Å². The Morgan fingerprint density at radius 3 is 2.81 bits per heavy atom. The molecule has 1 aliphatic rings. The van der Waals surface area contributed by atoms with Crippen LogP contribution < -0.4 is 4.90 Å². The number of halogens is 1. The molecule has 132 valence electrons. The van der Waals surface area contributed by atoms with Crippen LogP contribution in [0.25, 0.3) is 0 Å². The zero-order valence-electron chi connectivity index (χ0n) is 13.9. The Hall–Kier alpha value is -2.37. The van der Waals surface area contributed by atoms with Crippen molar-refractivity contribution in [3.63, 3.8) is 0 Å². The Balaban J connectivity index is 1.50. The number of benzene rings is 2. The van der Waals surface area contributed by atoms with E-state index >= 15 is 0 Å². The molecule has 1 aliphatic heterocycles. The van der Waals surface area contributed by atoms with E-state index in [0.29, 0.717) is 22.2 Å². The van der Waals surface area contributed by atoms with E-state index in [1.165, 1.54) is 0 Å². The molecular formula is C20H16ClNO3S. The molecule has 0 fully saturated rings. The smallest absolute Gasteiger partial charge is 0.293 e. The van der Waals surface area contributed by atoms with Crippen molar-refractivity contribution in [2.24, 2.45) is 0 Å². The number of carbonyl (C=O) groups is 1. The van der Waals surface area contributed by atoms with Crippen molar-refractivity contribution >= 4 is 34.0 Å². The minimum Gasteiger partial charge on any atom is -0.455 e. The minimum atomic E-state index is -1.29. The molecule has 4 nitrogen and oxygen atoms in total. The number of carbonyl (C=O) groups excluding carboxylic acids is 1. The van der Waals surface area contributed by atoms with Crippen LogP contribution in [0.3, 0.4) is 0 Å². The van der Waals surface area contributed by atoms with Crippen molar-refractivity contribution in [1.29, 1.82) is 0 Å². The van der Waals surface area contributed by atoms with Gasteiger partial charge in [0.2, 0.25) is 0 Å². The van der Waals surface area contributed by atoms with Gasteiger partial charge in [-0.05, 0) is 48.4 Å². The third kappa shape index (κ3) is 3.32. The summed E-state index contributed by atoms with van der Waals surface area (Å²) < 4.78 is 18.1. The predicted octanol–water partition coefficient (Wildman–Crippen LogP) is 4.44. The maximum Gasteiger partial charge on any atom is 0.293 e. The van der Waals surface area contributed by atoms with E-state index in [4.69, 9.17) is 16.0 Å². The minimum absolute atomic E-state index is 0.172. The summed E-state index contributed by atoms with van der Waals surface area (Å²) in [7, 11) is -1.29. The molecule has 0 radical (unpaired) electrons. The van der Waals surface area contributed by atoms with E-state index in [2.05, 4.69) is 0 Å². The van der Waals surface area contributed by atoms with Crippen molar-refractivity contribution in [3.8, 4) is 0 Å². The fourth-order valence-corrected chi connectivity index (χ4v) is 4.40. The zero-order valence-corrected chi connectivity index (χ0v) is 15.4. The van der Waals surface area contributed by atoms with Gasteiger partial charge in [0, 0.05) is 22.2 Å². The highest BCUT2D eigenvalue weighted by Crippen LogP contribution is 2.29. The maximum atomic E-state index is 12.8. The van der Waals surface area contributed by atoms with Gasteiger partial charge in [0.25, 0.3) is 5.91 Å². The van der Waals surface area contributed by atoms with Crippen LogP contribution in [-0.4, -0.2) is 16.7 Å². The van der Waals surface area contributed by atoms with Crippen LogP contribution in [-0.2, 0) is 23.0 Å². The van der Waals surface area contributed by atoms with Crippen molar-refractivity contribution in [3.05, 3.63) is 82.8 Å². The van der Waals surface area contributed by atoms with E-state index in [0.717, 1.165) is 17.7 Å². The topological polar surface area (TPSA) is 50.5 Å². The highest BCUT2D eigenvalue weighted by Gasteiger charge is 2.27. The molecule has 0 saturated heterocycles. The quantitative estimate of drug-likeness (QED) is 0.667. The van der Waals surface area contributed by atoms with Crippen molar-refractivity contribution < 1.29 is 13.4 Å². The third-order valence-electron chi connectivity index (χ3n) is 4.34. The number of anilines is 1. The van der Waals surface area contributed by atoms with Crippen LogP contribution in [0.5, 0.6) is 0 Å². The molecule has 3 aromatic rings. The molecule has 0 saturated carbocycles. The molecule has 1 amide bonds. The summed E-state index contributed by atoms with van der Waals surface area (Å²) in [6.07, 6.45) is 0.842. The van der Waals surface area contributed by atoms with Gasteiger partial charge in [-0.3, -0.25) is 9.00 Å². The molecule has 6 heteroatoms. The second-order valence-corrected chi connectivity index (χ2v) is 7.94. The molecule has 2 aromatic carbocycles. The molecule has 0 unspecified atom stereocenters. The van der Waals surface area contributed by atoms with Crippen LogP contribution in [0.4, 0.5) is 5.69 Å². The van der Waals surface area contributed by atoms with E-state index in [1.54, 1.807) is 41.3 Å². The van der Waals surface area contributed by atoms with Gasteiger partial charge >= 0.3 is 0 Å². The average Bonchev–Trinajstić information content (AvgIpc) is 3.28. The first-order valence-electron chi connectivity index (χ1n) is 8.24. The fraction of sp³-hybridized carbons (Fsp3) is 0.150. The van der Waals surface area contributed by atoms with Crippen molar-refractivity contribution in [1.82, 2.24) is 0 Å². The summed E-state index contributed by atoms with van der Waals surface area (Å²) in [5, 5.41) is 0.541. The number of furan rings is 1. The zero-order chi connectivity index (χ0) is 18.1. The molecule has 26 heavy (non-hydrogen) atoms. The average molecular weight is 386 g/mol. The highest BCUT2D eigenvalue weighted by atomic mass is 35.5. The number of hydrogen-bond acceptors (Lipinski definition) is 3. The van der Waals surface area contributed by atoms with Crippen LogP contribution >= 0.6 is 11.6 Å². The summed E-state index contributed by atoms with van der Waals surface area (Å²) in [4.78, 5) is 15.1. The Morgan fingerprint density at radius 2 is 1.96 bits per heavy atom. The van der Waals surface area contributed by atoms with Gasteiger partial charge in [0.15, 0.2) is 5.76 Å². The fourth-order valence-electron chi connectivity index (χ4n) is 3.07. The van der Waals surface area contributed by atoms with Gasteiger partial charge in [-0.15, -0.1) is 0 Å². The first-order valence-corrected chi connectivity index (χ1v) is 9.94. The molecule has 4 rings (SSSR count). The Bertz CT molecular complexity index is 998. The molecule has 1 atom stereocenters. The molecule has 0 N–H and O–H groups in total. The number of fused-ring (bicyclic) bond motifs is 1. The lowest BCUT2D eigenvalue weighted by Gasteiger charge is -2.15. The van der Waals surface area contributed by atoms with Crippen molar-refractivity contribution in [2.45, 2.75) is 17.1 Å². The first-order chi connectivity index (χ1) is 12.6. The lowest BCUT2D eigenvalue weighted by atomic mass is 10.2.